The Labute approximate surface area is 220 Å². The monoisotopic (exact) mass is 521 g/mol. The molecule has 3 aromatic carbocycles. The Morgan fingerprint density at radius 2 is 1.51 bits per heavy atom. The molecule has 0 aromatic heterocycles. The first kappa shape index (κ1) is 27.9. The van der Waals surface area contributed by atoms with Crippen LogP contribution in [0.25, 0.3) is 0 Å². The molecule has 37 heavy (non-hydrogen) atoms. The maximum absolute atomic E-state index is 13.9. The Morgan fingerprint density at radius 3 is 2.11 bits per heavy atom. The van der Waals surface area contributed by atoms with Gasteiger partial charge in [0.15, 0.2) is 0 Å². The van der Waals surface area contributed by atoms with Gasteiger partial charge in [-0.25, -0.2) is 8.42 Å². The molecule has 0 heterocycles. The highest BCUT2D eigenvalue weighted by atomic mass is 32.2. The van der Waals surface area contributed by atoms with Gasteiger partial charge >= 0.3 is 0 Å². The van der Waals surface area contributed by atoms with Crippen LogP contribution in [0, 0.1) is 6.92 Å². The minimum atomic E-state index is -3.76. The van der Waals surface area contributed by atoms with Crippen molar-refractivity contribution in [2.75, 3.05) is 23.7 Å². The van der Waals surface area contributed by atoms with Crippen LogP contribution in [-0.2, 0) is 32.6 Å². The van der Waals surface area contributed by atoms with Gasteiger partial charge in [0.05, 0.1) is 11.9 Å². The van der Waals surface area contributed by atoms with Crippen molar-refractivity contribution in [2.24, 2.45) is 0 Å². The summed E-state index contributed by atoms with van der Waals surface area (Å²) in [4.78, 5) is 28.8. The number of anilines is 1. The van der Waals surface area contributed by atoms with E-state index in [2.05, 4.69) is 5.32 Å². The largest absolute Gasteiger partial charge is 0.354 e. The zero-order chi connectivity index (χ0) is 26.8. The highest BCUT2D eigenvalue weighted by Gasteiger charge is 2.32. The number of sulfonamides is 1. The maximum Gasteiger partial charge on any atom is 0.244 e. The van der Waals surface area contributed by atoms with Crippen LogP contribution < -0.4 is 9.62 Å². The van der Waals surface area contributed by atoms with Gasteiger partial charge in [-0.3, -0.25) is 13.9 Å². The third-order valence-corrected chi connectivity index (χ3v) is 7.12. The lowest BCUT2D eigenvalue weighted by Crippen LogP contribution is -2.53. The number of amides is 2. The lowest BCUT2D eigenvalue weighted by atomic mass is 10.0. The molecule has 0 spiro atoms. The molecule has 8 heteroatoms. The van der Waals surface area contributed by atoms with Crippen LogP contribution in [-0.4, -0.2) is 50.5 Å². The van der Waals surface area contributed by atoms with Gasteiger partial charge in [-0.05, 0) is 36.6 Å². The molecule has 196 valence electrons. The molecule has 0 aliphatic rings. The fourth-order valence-electron chi connectivity index (χ4n) is 4.14. The summed E-state index contributed by atoms with van der Waals surface area (Å²) in [6.45, 7) is 4.17. The van der Waals surface area contributed by atoms with E-state index in [1.807, 2.05) is 68.4 Å². The molecule has 1 atom stereocenters. The number of para-hydroxylation sites is 1. The molecule has 3 rings (SSSR count). The molecule has 1 unspecified atom stereocenters. The SMILES string of the molecule is CCCNC(=O)C(Cc1ccccc1)N(Cc1cccc(C)c1)C(=O)CN(c1ccccc1)S(C)(=O)=O. The number of rotatable bonds is 12. The molecular weight excluding hydrogens is 486 g/mol. The van der Waals surface area contributed by atoms with E-state index in [0.29, 0.717) is 18.7 Å². The number of hydrogen-bond acceptors (Lipinski definition) is 4. The van der Waals surface area contributed by atoms with Crippen molar-refractivity contribution in [3.8, 4) is 0 Å². The maximum atomic E-state index is 13.9. The Morgan fingerprint density at radius 1 is 0.892 bits per heavy atom. The highest BCUT2D eigenvalue weighted by molar-refractivity contribution is 7.92. The first-order valence-electron chi connectivity index (χ1n) is 12.4. The van der Waals surface area contributed by atoms with Crippen LogP contribution >= 0.6 is 0 Å². The Bertz CT molecular complexity index is 1280. The van der Waals surface area contributed by atoms with Crippen LogP contribution in [0.1, 0.15) is 30.0 Å². The second kappa shape index (κ2) is 13.1. The van der Waals surface area contributed by atoms with Gasteiger partial charge in [-0.15, -0.1) is 0 Å². The number of nitrogens with zero attached hydrogens (tertiary/aromatic N) is 2. The first-order chi connectivity index (χ1) is 17.7. The Hall–Kier alpha value is -3.65. The predicted octanol–water partition coefficient (Wildman–Crippen LogP) is 3.93. The fourth-order valence-corrected chi connectivity index (χ4v) is 4.98. The third kappa shape index (κ3) is 8.18. The first-order valence-corrected chi connectivity index (χ1v) is 14.2. The number of aryl methyl sites for hydroxylation is 1. The second-order valence-corrected chi connectivity index (χ2v) is 11.0. The lowest BCUT2D eigenvalue weighted by molar-refractivity contribution is -0.140. The Balaban J connectivity index is 2.02. The van der Waals surface area contributed by atoms with Gasteiger partial charge in [0.1, 0.15) is 12.6 Å². The summed E-state index contributed by atoms with van der Waals surface area (Å²) in [5.74, 6) is -0.722. The van der Waals surface area contributed by atoms with Crippen LogP contribution in [0.2, 0.25) is 0 Å². The minimum Gasteiger partial charge on any atom is -0.354 e. The van der Waals surface area contributed by atoms with E-state index in [4.69, 9.17) is 0 Å². The molecule has 0 fully saturated rings. The molecule has 2 amide bonds. The molecule has 0 bridgehead atoms. The summed E-state index contributed by atoms with van der Waals surface area (Å²) < 4.78 is 26.5. The van der Waals surface area contributed by atoms with Gasteiger partial charge in [-0.1, -0.05) is 85.3 Å². The summed E-state index contributed by atoms with van der Waals surface area (Å²) in [5, 5.41) is 2.94. The van der Waals surface area contributed by atoms with Gasteiger partial charge in [-0.2, -0.15) is 0 Å². The van der Waals surface area contributed by atoms with Crippen molar-refractivity contribution in [3.05, 3.63) is 102 Å². The summed E-state index contributed by atoms with van der Waals surface area (Å²) in [6.07, 6.45) is 2.14. The number of carbonyl (C=O) groups is 2. The quantitative estimate of drug-likeness (QED) is 0.391. The molecule has 0 radical (unpaired) electrons. The van der Waals surface area contributed by atoms with Crippen LogP contribution in [0.5, 0.6) is 0 Å². The van der Waals surface area contributed by atoms with E-state index >= 15 is 0 Å². The van der Waals surface area contributed by atoms with Crippen molar-refractivity contribution < 1.29 is 18.0 Å². The van der Waals surface area contributed by atoms with E-state index in [1.165, 1.54) is 4.90 Å². The minimum absolute atomic E-state index is 0.171. The number of benzene rings is 3. The zero-order valence-electron chi connectivity index (χ0n) is 21.6. The summed E-state index contributed by atoms with van der Waals surface area (Å²) in [6, 6.07) is 25.0. The van der Waals surface area contributed by atoms with Crippen molar-refractivity contribution in [3.63, 3.8) is 0 Å². The summed E-state index contributed by atoms with van der Waals surface area (Å²) >= 11 is 0. The summed E-state index contributed by atoms with van der Waals surface area (Å²) in [7, 11) is -3.76. The molecule has 3 aromatic rings. The zero-order valence-corrected chi connectivity index (χ0v) is 22.4. The second-order valence-electron chi connectivity index (χ2n) is 9.11. The van der Waals surface area contributed by atoms with Gasteiger partial charge < -0.3 is 10.2 Å². The van der Waals surface area contributed by atoms with Gasteiger partial charge in [0.25, 0.3) is 0 Å². The standard InChI is InChI=1S/C29H35N3O4S/c1-4-18-30-29(34)27(20-24-13-7-5-8-14-24)31(21-25-15-11-12-23(2)19-25)28(33)22-32(37(3,35)36)26-16-9-6-10-17-26/h5-17,19,27H,4,18,20-22H2,1-3H3,(H,30,34). The molecule has 0 aliphatic carbocycles. The van der Waals surface area contributed by atoms with Crippen LogP contribution in [0.15, 0.2) is 84.9 Å². The molecule has 0 saturated heterocycles. The molecule has 7 nitrogen and oxygen atoms in total. The summed E-state index contributed by atoms with van der Waals surface area (Å²) in [5.41, 5.74) is 3.19. The van der Waals surface area contributed by atoms with Crippen LogP contribution in [0.3, 0.4) is 0 Å². The number of hydrogen-bond donors (Lipinski definition) is 1. The van der Waals surface area contributed by atoms with Gasteiger partial charge in [0, 0.05) is 19.5 Å². The lowest BCUT2D eigenvalue weighted by Gasteiger charge is -2.33. The number of carbonyl (C=O) groups excluding carboxylic acids is 2. The van der Waals surface area contributed by atoms with E-state index in [0.717, 1.165) is 33.7 Å². The Kier molecular flexibility index (Phi) is 9.85. The van der Waals surface area contributed by atoms with Crippen molar-refractivity contribution in [1.29, 1.82) is 0 Å². The predicted molar refractivity (Wildman–Crippen MR) is 148 cm³/mol. The highest BCUT2D eigenvalue weighted by Crippen LogP contribution is 2.20. The van der Waals surface area contributed by atoms with Gasteiger partial charge in [0.2, 0.25) is 21.8 Å². The van der Waals surface area contributed by atoms with Crippen LogP contribution in [0.4, 0.5) is 5.69 Å². The van der Waals surface area contributed by atoms with Crippen molar-refractivity contribution >= 4 is 27.5 Å². The van der Waals surface area contributed by atoms with E-state index < -0.39 is 28.5 Å². The van der Waals surface area contributed by atoms with E-state index in [1.54, 1.807) is 30.3 Å². The smallest absolute Gasteiger partial charge is 0.244 e. The normalized spacial score (nSPS) is 12.0. The average molecular weight is 522 g/mol. The molecule has 0 aliphatic heterocycles. The average Bonchev–Trinajstić information content (AvgIpc) is 2.88. The topological polar surface area (TPSA) is 86.8 Å². The van der Waals surface area contributed by atoms with Crippen molar-refractivity contribution in [1.82, 2.24) is 10.2 Å². The third-order valence-electron chi connectivity index (χ3n) is 5.98. The van der Waals surface area contributed by atoms with E-state index in [9.17, 15) is 18.0 Å². The molecular formula is C29H35N3O4S. The number of nitrogens with one attached hydrogen (secondary N) is 1. The molecule has 0 saturated carbocycles. The molecule has 1 N–H and O–H groups in total. The van der Waals surface area contributed by atoms with E-state index in [-0.39, 0.29) is 12.5 Å². The van der Waals surface area contributed by atoms with Crippen molar-refractivity contribution in [2.45, 2.75) is 39.3 Å². The fraction of sp³-hybridized carbons (Fsp3) is 0.310.